The standard InChI is InChI=1S/C21H26N2O4S/c1-3-26-15-11-9-14(10-12-15)22-13-18(24)23-20-19(21(25)27-4-2)16-7-5-6-8-17(16)28-20/h9-12,22H,3-8,13H2,1-2H3,(H,23,24). The third kappa shape index (κ3) is 4.84. The van der Waals surface area contributed by atoms with Crippen LogP contribution >= 0.6 is 11.3 Å². The van der Waals surface area contributed by atoms with Crippen molar-refractivity contribution in [2.45, 2.75) is 39.5 Å². The lowest BCUT2D eigenvalue weighted by atomic mass is 9.95. The smallest absolute Gasteiger partial charge is 0.341 e. The summed E-state index contributed by atoms with van der Waals surface area (Å²) in [7, 11) is 0. The second-order valence-corrected chi connectivity index (χ2v) is 7.60. The molecule has 7 heteroatoms. The van der Waals surface area contributed by atoms with E-state index in [2.05, 4.69) is 10.6 Å². The van der Waals surface area contributed by atoms with E-state index in [1.807, 2.05) is 31.2 Å². The van der Waals surface area contributed by atoms with Gasteiger partial charge in [0.25, 0.3) is 0 Å². The molecule has 0 fully saturated rings. The highest BCUT2D eigenvalue weighted by molar-refractivity contribution is 7.17. The summed E-state index contributed by atoms with van der Waals surface area (Å²) in [5.41, 5.74) is 2.41. The van der Waals surface area contributed by atoms with Gasteiger partial charge in [-0.15, -0.1) is 11.3 Å². The summed E-state index contributed by atoms with van der Waals surface area (Å²) in [5.74, 6) is 0.246. The normalized spacial score (nSPS) is 12.8. The first-order chi connectivity index (χ1) is 13.6. The van der Waals surface area contributed by atoms with Crippen LogP contribution in [0.2, 0.25) is 0 Å². The number of amides is 1. The zero-order chi connectivity index (χ0) is 19.9. The number of carbonyl (C=O) groups excluding carboxylic acids is 2. The molecule has 0 spiro atoms. The number of anilines is 2. The molecule has 0 unspecified atom stereocenters. The molecule has 1 aliphatic rings. The lowest BCUT2D eigenvalue weighted by Crippen LogP contribution is -2.22. The average molecular weight is 403 g/mol. The van der Waals surface area contributed by atoms with Crippen LogP contribution in [0.4, 0.5) is 10.7 Å². The number of aryl methyl sites for hydroxylation is 1. The van der Waals surface area contributed by atoms with Crippen LogP contribution in [-0.4, -0.2) is 31.6 Å². The third-order valence-electron chi connectivity index (χ3n) is 4.52. The molecule has 1 heterocycles. The molecule has 6 nitrogen and oxygen atoms in total. The van der Waals surface area contributed by atoms with Gasteiger partial charge in [0, 0.05) is 10.6 Å². The first kappa shape index (κ1) is 20.2. The molecule has 2 aromatic rings. The molecule has 1 aromatic carbocycles. The fourth-order valence-electron chi connectivity index (χ4n) is 3.26. The van der Waals surface area contributed by atoms with Crippen molar-refractivity contribution >= 4 is 33.9 Å². The number of hydrogen-bond acceptors (Lipinski definition) is 6. The summed E-state index contributed by atoms with van der Waals surface area (Å²) < 4.78 is 10.6. The highest BCUT2D eigenvalue weighted by atomic mass is 32.1. The van der Waals surface area contributed by atoms with Gasteiger partial charge >= 0.3 is 5.97 Å². The molecule has 0 saturated carbocycles. The summed E-state index contributed by atoms with van der Waals surface area (Å²) in [6.07, 6.45) is 3.98. The number of hydrogen-bond donors (Lipinski definition) is 2. The first-order valence-corrected chi connectivity index (χ1v) is 10.5. The molecule has 1 aromatic heterocycles. The summed E-state index contributed by atoms with van der Waals surface area (Å²) >= 11 is 1.50. The molecule has 1 amide bonds. The van der Waals surface area contributed by atoms with E-state index in [1.54, 1.807) is 6.92 Å². The lowest BCUT2D eigenvalue weighted by molar-refractivity contribution is -0.114. The largest absolute Gasteiger partial charge is 0.494 e. The van der Waals surface area contributed by atoms with Crippen LogP contribution in [0.3, 0.4) is 0 Å². The van der Waals surface area contributed by atoms with Crippen molar-refractivity contribution in [3.8, 4) is 5.75 Å². The van der Waals surface area contributed by atoms with Gasteiger partial charge in [0.2, 0.25) is 5.91 Å². The van der Waals surface area contributed by atoms with Crippen LogP contribution in [0.25, 0.3) is 0 Å². The Hall–Kier alpha value is -2.54. The molecule has 0 aliphatic heterocycles. The van der Waals surface area contributed by atoms with Crippen LogP contribution in [0, 0.1) is 0 Å². The van der Waals surface area contributed by atoms with Gasteiger partial charge in [-0.05, 0) is 69.4 Å². The van der Waals surface area contributed by atoms with Crippen molar-refractivity contribution in [2.24, 2.45) is 0 Å². The van der Waals surface area contributed by atoms with E-state index >= 15 is 0 Å². The Morgan fingerprint density at radius 3 is 2.54 bits per heavy atom. The lowest BCUT2D eigenvalue weighted by Gasteiger charge is -2.12. The second-order valence-electron chi connectivity index (χ2n) is 6.49. The average Bonchev–Trinajstić information content (AvgIpc) is 3.05. The summed E-state index contributed by atoms with van der Waals surface area (Å²) in [6, 6.07) is 7.45. The molecule has 3 rings (SSSR count). The number of rotatable bonds is 8. The van der Waals surface area contributed by atoms with E-state index in [0.29, 0.717) is 23.8 Å². The zero-order valence-corrected chi connectivity index (χ0v) is 17.1. The van der Waals surface area contributed by atoms with E-state index in [4.69, 9.17) is 9.47 Å². The van der Waals surface area contributed by atoms with E-state index in [9.17, 15) is 9.59 Å². The molecule has 2 N–H and O–H groups in total. The molecule has 1 aliphatic carbocycles. The van der Waals surface area contributed by atoms with Crippen LogP contribution in [0.15, 0.2) is 24.3 Å². The quantitative estimate of drug-likeness (QED) is 0.646. The molecule has 0 radical (unpaired) electrons. The van der Waals surface area contributed by atoms with Gasteiger partial charge in [0.05, 0.1) is 25.3 Å². The Balaban J connectivity index is 1.66. The Kier molecular flexibility index (Phi) is 6.92. The highest BCUT2D eigenvalue weighted by Gasteiger charge is 2.27. The molecule has 0 bridgehead atoms. The highest BCUT2D eigenvalue weighted by Crippen LogP contribution is 2.38. The van der Waals surface area contributed by atoms with Crippen LogP contribution in [-0.2, 0) is 22.4 Å². The van der Waals surface area contributed by atoms with E-state index in [0.717, 1.165) is 42.7 Å². The maximum atomic E-state index is 12.5. The zero-order valence-electron chi connectivity index (χ0n) is 16.3. The van der Waals surface area contributed by atoms with Gasteiger partial charge in [0.1, 0.15) is 10.8 Å². The van der Waals surface area contributed by atoms with E-state index in [1.165, 1.54) is 16.2 Å². The number of esters is 1. The molecule has 0 saturated heterocycles. The fourth-order valence-corrected chi connectivity index (χ4v) is 4.56. The minimum Gasteiger partial charge on any atom is -0.494 e. The Labute approximate surface area is 169 Å². The first-order valence-electron chi connectivity index (χ1n) is 9.70. The number of benzene rings is 1. The second kappa shape index (κ2) is 9.59. The number of fused-ring (bicyclic) bond motifs is 1. The van der Waals surface area contributed by atoms with E-state index < -0.39 is 0 Å². The Morgan fingerprint density at radius 1 is 1.07 bits per heavy atom. The van der Waals surface area contributed by atoms with Gasteiger partial charge in [-0.1, -0.05) is 0 Å². The van der Waals surface area contributed by atoms with Crippen molar-refractivity contribution in [3.05, 3.63) is 40.3 Å². The monoisotopic (exact) mass is 402 g/mol. The predicted molar refractivity (Wildman–Crippen MR) is 112 cm³/mol. The Bertz CT molecular complexity index is 830. The molecular formula is C21H26N2O4S. The maximum absolute atomic E-state index is 12.5. The number of ether oxygens (including phenoxy) is 2. The Morgan fingerprint density at radius 2 is 1.82 bits per heavy atom. The van der Waals surface area contributed by atoms with Gasteiger partial charge < -0.3 is 20.1 Å². The molecule has 0 atom stereocenters. The molecule has 28 heavy (non-hydrogen) atoms. The van der Waals surface area contributed by atoms with Crippen molar-refractivity contribution in [2.75, 3.05) is 30.4 Å². The summed E-state index contributed by atoms with van der Waals surface area (Å²) in [6.45, 7) is 4.76. The predicted octanol–water partition coefficient (Wildman–Crippen LogP) is 4.25. The molecular weight excluding hydrogens is 376 g/mol. The minimum atomic E-state index is -0.350. The van der Waals surface area contributed by atoms with Crippen molar-refractivity contribution in [1.82, 2.24) is 0 Å². The van der Waals surface area contributed by atoms with Gasteiger partial charge in [-0.3, -0.25) is 4.79 Å². The number of nitrogens with one attached hydrogen (secondary N) is 2. The van der Waals surface area contributed by atoms with E-state index in [-0.39, 0.29) is 18.4 Å². The van der Waals surface area contributed by atoms with Crippen molar-refractivity contribution in [3.63, 3.8) is 0 Å². The van der Waals surface area contributed by atoms with Crippen molar-refractivity contribution < 1.29 is 19.1 Å². The topological polar surface area (TPSA) is 76.7 Å². The van der Waals surface area contributed by atoms with Crippen molar-refractivity contribution in [1.29, 1.82) is 0 Å². The maximum Gasteiger partial charge on any atom is 0.341 e. The fraction of sp³-hybridized carbons (Fsp3) is 0.429. The number of thiophene rings is 1. The van der Waals surface area contributed by atoms with Gasteiger partial charge in [-0.25, -0.2) is 4.79 Å². The summed E-state index contributed by atoms with van der Waals surface area (Å²) in [4.78, 5) is 26.1. The summed E-state index contributed by atoms with van der Waals surface area (Å²) in [5, 5.41) is 6.59. The minimum absolute atomic E-state index is 0.110. The van der Waals surface area contributed by atoms with Crippen LogP contribution in [0.1, 0.15) is 47.5 Å². The number of carbonyl (C=O) groups is 2. The molecule has 150 valence electrons. The SMILES string of the molecule is CCOC(=O)c1c(NC(=O)CNc2ccc(OCC)cc2)sc2c1CCCC2. The van der Waals surface area contributed by atoms with Crippen LogP contribution in [0.5, 0.6) is 5.75 Å². The van der Waals surface area contributed by atoms with Crippen LogP contribution < -0.4 is 15.4 Å². The van der Waals surface area contributed by atoms with Gasteiger partial charge in [0.15, 0.2) is 0 Å². The van der Waals surface area contributed by atoms with Gasteiger partial charge in [-0.2, -0.15) is 0 Å². The third-order valence-corrected chi connectivity index (χ3v) is 5.73.